The Morgan fingerprint density at radius 1 is 1.21 bits per heavy atom. The summed E-state index contributed by atoms with van der Waals surface area (Å²) in [7, 11) is -1.79. The van der Waals surface area contributed by atoms with Crippen molar-refractivity contribution in [3.8, 4) is 0 Å². The van der Waals surface area contributed by atoms with E-state index in [0.717, 1.165) is 6.42 Å². The molecule has 1 saturated heterocycles. The van der Waals surface area contributed by atoms with E-state index in [0.29, 0.717) is 0 Å². The molecule has 19 heavy (non-hydrogen) atoms. The van der Waals surface area contributed by atoms with Gasteiger partial charge < -0.3 is 13.9 Å². The first kappa shape index (κ1) is 15.2. The van der Waals surface area contributed by atoms with E-state index in [2.05, 4.69) is 46.0 Å². The van der Waals surface area contributed by atoms with Gasteiger partial charge in [-0.25, -0.2) is 0 Å². The molecule has 0 unspecified atom stereocenters. The van der Waals surface area contributed by atoms with Gasteiger partial charge in [0.2, 0.25) is 0 Å². The summed E-state index contributed by atoms with van der Waals surface area (Å²) < 4.78 is 18.5. The topological polar surface area (TPSA) is 27.7 Å². The Hall–Kier alpha value is -0.163. The van der Waals surface area contributed by atoms with Crippen LogP contribution in [0.3, 0.4) is 0 Å². The molecule has 0 spiro atoms. The standard InChI is InChI=1S/C15H28O3Si/c1-14(2,3)19(6,7)18-12-10-8-9-11-13(12)17-15(4,5)16-11/h8,10-13H,9H2,1-7H3/t11-,12+,13-/m1/s1. The zero-order valence-electron chi connectivity index (χ0n) is 13.3. The molecule has 2 rings (SSSR count). The third-order valence-electron chi connectivity index (χ3n) is 4.48. The predicted octanol–water partition coefficient (Wildman–Crippen LogP) is 3.86. The van der Waals surface area contributed by atoms with Gasteiger partial charge in [-0.05, 0) is 38.4 Å². The summed E-state index contributed by atoms with van der Waals surface area (Å²) in [5.74, 6) is -0.490. The van der Waals surface area contributed by atoms with Crippen molar-refractivity contribution in [2.45, 2.75) is 83.3 Å². The Bertz CT molecular complexity index is 368. The van der Waals surface area contributed by atoms with E-state index >= 15 is 0 Å². The van der Waals surface area contributed by atoms with Crippen LogP contribution < -0.4 is 0 Å². The summed E-state index contributed by atoms with van der Waals surface area (Å²) in [6.07, 6.45) is 5.45. The molecule has 0 saturated carbocycles. The van der Waals surface area contributed by atoms with Gasteiger partial charge in [0.1, 0.15) is 6.10 Å². The lowest BCUT2D eigenvalue weighted by Gasteiger charge is -2.41. The average Bonchev–Trinajstić information content (AvgIpc) is 2.51. The van der Waals surface area contributed by atoms with E-state index in [1.54, 1.807) is 0 Å². The number of ether oxygens (including phenoxy) is 2. The first-order chi connectivity index (χ1) is 8.52. The Morgan fingerprint density at radius 3 is 2.42 bits per heavy atom. The quantitative estimate of drug-likeness (QED) is 0.569. The molecule has 1 fully saturated rings. The second-order valence-corrected chi connectivity index (χ2v) is 12.4. The number of hydrogen-bond acceptors (Lipinski definition) is 3. The summed E-state index contributed by atoms with van der Waals surface area (Å²) >= 11 is 0. The predicted molar refractivity (Wildman–Crippen MR) is 79.7 cm³/mol. The zero-order valence-corrected chi connectivity index (χ0v) is 14.3. The third kappa shape index (κ3) is 3.12. The molecule has 2 aliphatic rings. The number of hydrogen-bond donors (Lipinski definition) is 0. The second kappa shape index (κ2) is 4.69. The molecule has 3 atom stereocenters. The average molecular weight is 284 g/mol. The van der Waals surface area contributed by atoms with Gasteiger partial charge in [-0.15, -0.1) is 0 Å². The maximum Gasteiger partial charge on any atom is 0.193 e. The molecule has 4 heteroatoms. The van der Waals surface area contributed by atoms with Gasteiger partial charge in [-0.1, -0.05) is 32.9 Å². The van der Waals surface area contributed by atoms with Crippen LogP contribution in [0.4, 0.5) is 0 Å². The largest absolute Gasteiger partial charge is 0.408 e. The highest BCUT2D eigenvalue weighted by Gasteiger charge is 2.48. The normalized spacial score (nSPS) is 34.4. The second-order valence-electron chi connectivity index (χ2n) is 7.65. The zero-order chi connectivity index (χ0) is 14.5. The van der Waals surface area contributed by atoms with Crippen LogP contribution in [0, 0.1) is 0 Å². The van der Waals surface area contributed by atoms with Crippen LogP contribution in [0.25, 0.3) is 0 Å². The van der Waals surface area contributed by atoms with Crippen molar-refractivity contribution in [3.05, 3.63) is 12.2 Å². The van der Waals surface area contributed by atoms with E-state index in [4.69, 9.17) is 13.9 Å². The molecule has 0 bridgehead atoms. The fraction of sp³-hybridized carbons (Fsp3) is 0.867. The monoisotopic (exact) mass is 284 g/mol. The minimum Gasteiger partial charge on any atom is -0.408 e. The van der Waals surface area contributed by atoms with E-state index in [-0.39, 0.29) is 23.4 Å². The van der Waals surface area contributed by atoms with E-state index < -0.39 is 14.1 Å². The molecule has 3 nitrogen and oxygen atoms in total. The van der Waals surface area contributed by atoms with Crippen LogP contribution in [0.1, 0.15) is 41.0 Å². The SMILES string of the molecule is CC1(C)O[C@H]2[C@@H](O[Si](C)(C)C(C)(C)C)C=CC[C@H]2O1. The van der Waals surface area contributed by atoms with Crippen molar-refractivity contribution in [1.29, 1.82) is 0 Å². The molecule has 1 aliphatic carbocycles. The first-order valence-electron chi connectivity index (χ1n) is 7.22. The van der Waals surface area contributed by atoms with Crippen LogP contribution in [0.15, 0.2) is 12.2 Å². The van der Waals surface area contributed by atoms with Crippen LogP contribution in [0.5, 0.6) is 0 Å². The van der Waals surface area contributed by atoms with E-state index in [1.807, 2.05) is 13.8 Å². The van der Waals surface area contributed by atoms with Crippen molar-refractivity contribution < 1.29 is 13.9 Å². The summed E-state index contributed by atoms with van der Waals surface area (Å²) in [5, 5.41) is 0.211. The summed E-state index contributed by atoms with van der Waals surface area (Å²) in [4.78, 5) is 0. The van der Waals surface area contributed by atoms with Crippen LogP contribution in [-0.2, 0) is 13.9 Å². The maximum absolute atomic E-state index is 6.50. The fourth-order valence-electron chi connectivity index (χ4n) is 2.40. The van der Waals surface area contributed by atoms with Crippen molar-refractivity contribution in [3.63, 3.8) is 0 Å². The Morgan fingerprint density at radius 2 is 1.84 bits per heavy atom. The van der Waals surface area contributed by atoms with E-state index in [1.165, 1.54) is 0 Å². The molecule has 0 radical (unpaired) electrons. The van der Waals surface area contributed by atoms with Gasteiger partial charge in [0.25, 0.3) is 0 Å². The third-order valence-corrected chi connectivity index (χ3v) is 8.95. The molecule has 1 aliphatic heterocycles. The van der Waals surface area contributed by atoms with Gasteiger partial charge in [-0.2, -0.15) is 0 Å². The Kier molecular flexibility index (Phi) is 3.76. The van der Waals surface area contributed by atoms with Gasteiger partial charge in [0.05, 0.1) is 12.2 Å². The Balaban J connectivity index is 2.13. The molecule has 110 valence electrons. The first-order valence-corrected chi connectivity index (χ1v) is 10.1. The van der Waals surface area contributed by atoms with Crippen molar-refractivity contribution in [2.75, 3.05) is 0 Å². The lowest BCUT2D eigenvalue weighted by Crippen LogP contribution is -2.49. The van der Waals surface area contributed by atoms with Gasteiger partial charge in [-0.3, -0.25) is 0 Å². The van der Waals surface area contributed by atoms with E-state index in [9.17, 15) is 0 Å². The molecular formula is C15H28O3Si. The lowest BCUT2D eigenvalue weighted by molar-refractivity contribution is -0.151. The van der Waals surface area contributed by atoms with Gasteiger partial charge in [0.15, 0.2) is 14.1 Å². The summed E-state index contributed by atoms with van der Waals surface area (Å²) in [5.41, 5.74) is 0. The van der Waals surface area contributed by atoms with Crippen molar-refractivity contribution in [2.24, 2.45) is 0 Å². The minimum atomic E-state index is -1.79. The van der Waals surface area contributed by atoms with Crippen molar-refractivity contribution >= 4 is 8.32 Å². The van der Waals surface area contributed by atoms with Crippen LogP contribution in [0.2, 0.25) is 18.1 Å². The smallest absolute Gasteiger partial charge is 0.193 e. The molecule has 0 aromatic carbocycles. The van der Waals surface area contributed by atoms with Gasteiger partial charge >= 0.3 is 0 Å². The highest BCUT2D eigenvalue weighted by atomic mass is 28.4. The molecular weight excluding hydrogens is 256 g/mol. The van der Waals surface area contributed by atoms with Crippen molar-refractivity contribution in [1.82, 2.24) is 0 Å². The summed E-state index contributed by atoms with van der Waals surface area (Å²) in [6, 6.07) is 0. The minimum absolute atomic E-state index is 0.0291. The molecule has 0 aromatic rings. The molecule has 0 aromatic heterocycles. The molecule has 1 heterocycles. The Labute approximate surface area is 118 Å². The maximum atomic E-state index is 6.50. The molecule has 0 amide bonds. The number of rotatable bonds is 2. The van der Waals surface area contributed by atoms with Crippen LogP contribution >= 0.6 is 0 Å². The fourth-order valence-corrected chi connectivity index (χ4v) is 3.65. The highest BCUT2D eigenvalue weighted by Crippen LogP contribution is 2.41. The number of fused-ring (bicyclic) bond motifs is 1. The molecule has 0 N–H and O–H groups in total. The lowest BCUT2D eigenvalue weighted by atomic mass is 9.99. The van der Waals surface area contributed by atoms with Crippen LogP contribution in [-0.4, -0.2) is 32.4 Å². The van der Waals surface area contributed by atoms with Gasteiger partial charge in [0, 0.05) is 0 Å². The highest BCUT2D eigenvalue weighted by molar-refractivity contribution is 6.74. The summed E-state index contributed by atoms with van der Waals surface area (Å²) in [6.45, 7) is 15.3.